The molecule has 0 bridgehead atoms. The molecule has 1 amide bonds. The Morgan fingerprint density at radius 1 is 1.38 bits per heavy atom. The summed E-state index contributed by atoms with van der Waals surface area (Å²) in [7, 11) is 1.61. The topological polar surface area (TPSA) is 75.6 Å². The molecule has 1 aliphatic carbocycles. The Morgan fingerprint density at radius 3 is 2.90 bits per heavy atom. The van der Waals surface area contributed by atoms with Gasteiger partial charge >= 0.3 is 5.97 Å². The quantitative estimate of drug-likeness (QED) is 0.841. The van der Waals surface area contributed by atoms with Crippen LogP contribution >= 0.6 is 0 Å². The number of methoxy groups -OCH3 is 1. The highest BCUT2D eigenvalue weighted by Gasteiger charge is 2.32. The lowest BCUT2D eigenvalue weighted by Crippen LogP contribution is -2.33. The maximum Gasteiger partial charge on any atom is 0.306 e. The summed E-state index contributed by atoms with van der Waals surface area (Å²) in [5.41, 5.74) is 1.52. The minimum absolute atomic E-state index is 0.0357. The van der Waals surface area contributed by atoms with Gasteiger partial charge in [0, 0.05) is 19.2 Å². The first kappa shape index (κ1) is 15.5. The average Bonchev–Trinajstić information content (AvgIpc) is 2.94. The fourth-order valence-corrected chi connectivity index (χ4v) is 2.90. The number of benzene rings is 1. The number of amides is 1. The zero-order valence-corrected chi connectivity index (χ0v) is 12.2. The van der Waals surface area contributed by atoms with Gasteiger partial charge in [-0.25, -0.2) is 0 Å². The summed E-state index contributed by atoms with van der Waals surface area (Å²) in [5.74, 6) is -1.21. The largest absolute Gasteiger partial charge is 0.481 e. The molecule has 1 aliphatic rings. The van der Waals surface area contributed by atoms with Crippen LogP contribution in [0.5, 0.6) is 0 Å². The first-order chi connectivity index (χ1) is 10.1. The lowest BCUT2D eigenvalue weighted by Gasteiger charge is -2.16. The fraction of sp³-hybridized carbons (Fsp3) is 0.500. The van der Waals surface area contributed by atoms with E-state index in [1.807, 2.05) is 12.1 Å². The second-order valence-electron chi connectivity index (χ2n) is 5.48. The van der Waals surface area contributed by atoms with Crippen molar-refractivity contribution in [2.45, 2.75) is 25.9 Å². The Morgan fingerprint density at radius 2 is 2.19 bits per heavy atom. The summed E-state index contributed by atoms with van der Waals surface area (Å²) >= 11 is 0. The number of aliphatic carboxylic acids is 1. The van der Waals surface area contributed by atoms with Gasteiger partial charge in [0.2, 0.25) is 0 Å². The molecule has 1 aromatic carbocycles. The molecule has 2 rings (SSSR count). The van der Waals surface area contributed by atoms with Crippen LogP contribution < -0.4 is 5.32 Å². The molecule has 0 aliphatic heterocycles. The van der Waals surface area contributed by atoms with Crippen molar-refractivity contribution in [2.75, 3.05) is 13.7 Å². The van der Waals surface area contributed by atoms with Crippen LogP contribution in [0.25, 0.3) is 0 Å². The van der Waals surface area contributed by atoms with Gasteiger partial charge in [0.1, 0.15) is 0 Å². The van der Waals surface area contributed by atoms with E-state index in [0.29, 0.717) is 25.1 Å². The average molecular weight is 291 g/mol. The summed E-state index contributed by atoms with van der Waals surface area (Å²) in [6.07, 6.45) is 2.49. The lowest BCUT2D eigenvalue weighted by molar-refractivity contribution is -0.142. The monoisotopic (exact) mass is 291 g/mol. The number of hydrogen-bond donors (Lipinski definition) is 2. The standard InChI is InChI=1S/C16H21NO4/c1-21-10-11-4-2-5-12(8-11)15(18)17-9-13-6-3-7-14(13)16(19)20/h2,4-5,8,13-14H,3,6-7,9-10H2,1H3,(H,17,18)(H,19,20). The predicted octanol–water partition coefficient (Wildman–Crippen LogP) is 2.06. The summed E-state index contributed by atoms with van der Waals surface area (Å²) in [5, 5.41) is 12.0. The molecule has 0 spiro atoms. The molecule has 1 saturated carbocycles. The van der Waals surface area contributed by atoms with Crippen molar-refractivity contribution < 1.29 is 19.4 Å². The van der Waals surface area contributed by atoms with Crippen molar-refractivity contribution in [3.05, 3.63) is 35.4 Å². The van der Waals surface area contributed by atoms with Crippen LogP contribution in [0.1, 0.15) is 35.2 Å². The molecular formula is C16H21NO4. The second-order valence-corrected chi connectivity index (χ2v) is 5.48. The molecule has 2 unspecified atom stereocenters. The van der Waals surface area contributed by atoms with Crippen LogP contribution in [0.4, 0.5) is 0 Å². The molecule has 1 aromatic rings. The highest BCUT2D eigenvalue weighted by atomic mass is 16.5. The van der Waals surface area contributed by atoms with Gasteiger partial charge in [-0.1, -0.05) is 18.6 Å². The van der Waals surface area contributed by atoms with Gasteiger partial charge in [0.05, 0.1) is 12.5 Å². The second kappa shape index (κ2) is 7.22. The number of carbonyl (C=O) groups excluding carboxylic acids is 1. The van der Waals surface area contributed by atoms with Gasteiger partial charge in [-0.15, -0.1) is 0 Å². The predicted molar refractivity (Wildman–Crippen MR) is 78.0 cm³/mol. The van der Waals surface area contributed by atoms with E-state index < -0.39 is 5.97 Å². The smallest absolute Gasteiger partial charge is 0.306 e. The number of carboxylic acids is 1. The Kier molecular flexibility index (Phi) is 5.33. The molecule has 5 nitrogen and oxygen atoms in total. The zero-order chi connectivity index (χ0) is 15.2. The minimum Gasteiger partial charge on any atom is -0.481 e. The normalized spacial score (nSPS) is 21.2. The van der Waals surface area contributed by atoms with E-state index in [1.54, 1.807) is 19.2 Å². The Hall–Kier alpha value is -1.88. The van der Waals surface area contributed by atoms with E-state index in [2.05, 4.69) is 5.32 Å². The molecule has 0 radical (unpaired) electrons. The van der Waals surface area contributed by atoms with Crippen molar-refractivity contribution in [1.29, 1.82) is 0 Å². The first-order valence-electron chi connectivity index (χ1n) is 7.20. The Balaban J connectivity index is 1.92. The van der Waals surface area contributed by atoms with E-state index in [4.69, 9.17) is 9.84 Å². The number of nitrogens with one attached hydrogen (secondary N) is 1. The van der Waals surface area contributed by atoms with Gasteiger partial charge in [-0.05, 0) is 36.5 Å². The molecule has 1 fully saturated rings. The summed E-state index contributed by atoms with van der Waals surface area (Å²) in [4.78, 5) is 23.3. The molecule has 2 atom stereocenters. The van der Waals surface area contributed by atoms with E-state index in [0.717, 1.165) is 18.4 Å². The first-order valence-corrected chi connectivity index (χ1v) is 7.20. The van der Waals surface area contributed by atoms with Gasteiger partial charge < -0.3 is 15.2 Å². The number of rotatable bonds is 6. The maximum atomic E-state index is 12.1. The third-order valence-corrected chi connectivity index (χ3v) is 4.00. The number of hydrogen-bond acceptors (Lipinski definition) is 3. The van der Waals surface area contributed by atoms with Gasteiger partial charge in [0.25, 0.3) is 5.91 Å². The van der Waals surface area contributed by atoms with Crippen LogP contribution in [0.2, 0.25) is 0 Å². The van der Waals surface area contributed by atoms with Crippen LogP contribution in [0, 0.1) is 11.8 Å². The number of ether oxygens (including phenoxy) is 1. The van der Waals surface area contributed by atoms with E-state index >= 15 is 0 Å². The zero-order valence-electron chi connectivity index (χ0n) is 12.2. The van der Waals surface area contributed by atoms with Crippen molar-refractivity contribution in [1.82, 2.24) is 5.32 Å². The van der Waals surface area contributed by atoms with Crippen molar-refractivity contribution in [3.8, 4) is 0 Å². The highest BCUT2D eigenvalue weighted by molar-refractivity contribution is 5.94. The molecular weight excluding hydrogens is 270 g/mol. The summed E-state index contributed by atoms with van der Waals surface area (Å²) < 4.78 is 5.05. The Labute approximate surface area is 124 Å². The SMILES string of the molecule is COCc1cccc(C(=O)NCC2CCCC2C(=O)O)c1. The van der Waals surface area contributed by atoms with E-state index in [-0.39, 0.29) is 17.7 Å². The maximum absolute atomic E-state index is 12.1. The van der Waals surface area contributed by atoms with E-state index in [1.165, 1.54) is 0 Å². The van der Waals surface area contributed by atoms with Gasteiger partial charge in [-0.2, -0.15) is 0 Å². The fourth-order valence-electron chi connectivity index (χ4n) is 2.90. The van der Waals surface area contributed by atoms with Crippen LogP contribution in [-0.2, 0) is 16.1 Å². The number of carboxylic acid groups (broad SMARTS) is 1. The minimum atomic E-state index is -0.756. The Bertz CT molecular complexity index is 515. The molecule has 21 heavy (non-hydrogen) atoms. The van der Waals surface area contributed by atoms with Crippen LogP contribution in [0.3, 0.4) is 0 Å². The third kappa shape index (κ3) is 4.04. The van der Waals surface area contributed by atoms with E-state index in [9.17, 15) is 9.59 Å². The van der Waals surface area contributed by atoms with Crippen molar-refractivity contribution >= 4 is 11.9 Å². The van der Waals surface area contributed by atoms with Crippen LogP contribution in [0.15, 0.2) is 24.3 Å². The lowest BCUT2D eigenvalue weighted by atomic mass is 9.96. The van der Waals surface area contributed by atoms with Crippen molar-refractivity contribution in [2.24, 2.45) is 11.8 Å². The summed E-state index contributed by atoms with van der Waals surface area (Å²) in [6, 6.07) is 7.26. The molecule has 5 heteroatoms. The molecule has 0 heterocycles. The highest BCUT2D eigenvalue weighted by Crippen LogP contribution is 2.31. The third-order valence-electron chi connectivity index (χ3n) is 4.00. The van der Waals surface area contributed by atoms with Gasteiger partial charge in [0.15, 0.2) is 0 Å². The number of carbonyl (C=O) groups is 2. The van der Waals surface area contributed by atoms with Crippen molar-refractivity contribution in [3.63, 3.8) is 0 Å². The van der Waals surface area contributed by atoms with Crippen LogP contribution in [-0.4, -0.2) is 30.6 Å². The molecule has 114 valence electrons. The van der Waals surface area contributed by atoms with Gasteiger partial charge in [-0.3, -0.25) is 9.59 Å². The molecule has 0 saturated heterocycles. The molecule has 0 aromatic heterocycles. The summed E-state index contributed by atoms with van der Waals surface area (Å²) in [6.45, 7) is 0.884. The molecule has 2 N–H and O–H groups in total.